The van der Waals surface area contributed by atoms with Gasteiger partial charge >= 0.3 is 0 Å². The van der Waals surface area contributed by atoms with Gasteiger partial charge in [0, 0.05) is 11.6 Å². The van der Waals surface area contributed by atoms with E-state index in [1.54, 1.807) is 0 Å². The molecule has 0 spiro atoms. The molecule has 0 saturated carbocycles. The van der Waals surface area contributed by atoms with Crippen LogP contribution in [0.25, 0.3) is 22.3 Å². The van der Waals surface area contributed by atoms with Crippen LogP contribution in [0, 0.1) is 0 Å². The lowest BCUT2D eigenvalue weighted by Crippen LogP contribution is -2.49. The first kappa shape index (κ1) is 26.3. The number of aliphatic hydroxyl groups is 6. The summed E-state index contributed by atoms with van der Waals surface area (Å²) in [5, 5.41) is 93.1. The minimum atomic E-state index is -1.85. The van der Waals surface area contributed by atoms with E-state index in [0.29, 0.717) is 5.56 Å². The lowest BCUT2D eigenvalue weighted by Gasteiger charge is -2.38. The first-order valence-electron chi connectivity index (χ1n) is 11.7. The third kappa shape index (κ3) is 4.19. The zero-order chi connectivity index (χ0) is 27.5. The Morgan fingerprint density at radius 2 is 1.21 bits per heavy atom. The maximum Gasteiger partial charge on any atom is 0.197 e. The van der Waals surface area contributed by atoms with E-state index in [9.17, 15) is 50.8 Å². The zero-order valence-corrected chi connectivity index (χ0v) is 19.6. The second-order valence-corrected chi connectivity index (χ2v) is 9.36. The number of rotatable bonds is 3. The first-order chi connectivity index (χ1) is 18.0. The summed E-state index contributed by atoms with van der Waals surface area (Å²) < 4.78 is 16.8. The van der Waals surface area contributed by atoms with Gasteiger partial charge in [-0.2, -0.15) is 0 Å². The molecule has 0 aliphatic carbocycles. The van der Waals surface area contributed by atoms with E-state index in [1.165, 1.54) is 24.3 Å². The molecule has 8 atom stereocenters. The minimum absolute atomic E-state index is 0.0475. The van der Waals surface area contributed by atoms with Crippen LogP contribution in [0.5, 0.6) is 17.2 Å². The molecule has 3 heterocycles. The summed E-state index contributed by atoms with van der Waals surface area (Å²) in [5.74, 6) is -1.80. The van der Waals surface area contributed by atoms with Crippen LogP contribution in [0.1, 0.15) is 23.3 Å². The SMILES string of the molecule is O=c1cc(-c2ccc(O)cc2)oc2c([C@@H]3OC[C@H](O)[C@@H](O)[C@H]3O)c(O)c([C@@H]3OC[C@@H](O)[C@H](O)[C@@H]3O)c(O)c12. The largest absolute Gasteiger partial charge is 0.508 e. The third-order valence-electron chi connectivity index (χ3n) is 6.92. The van der Waals surface area contributed by atoms with Gasteiger partial charge in [0.1, 0.15) is 77.2 Å². The van der Waals surface area contributed by atoms with Crippen LogP contribution in [0.4, 0.5) is 0 Å². The number of aromatic hydroxyl groups is 3. The van der Waals surface area contributed by atoms with Gasteiger partial charge in [0.15, 0.2) is 11.0 Å². The van der Waals surface area contributed by atoms with Crippen molar-refractivity contribution in [3.8, 4) is 28.6 Å². The van der Waals surface area contributed by atoms with E-state index in [0.717, 1.165) is 6.07 Å². The van der Waals surface area contributed by atoms with Crippen LogP contribution in [0.15, 0.2) is 39.5 Å². The standard InChI is InChI=1S/C25H26O13/c26-9-3-1-8(2-4-9)13-5-10(27)14-19(32)15(24-21(34)17(30)11(28)6-36-24)20(33)16(23(14)38-13)25-22(35)18(31)12(29)7-37-25/h1-5,11-12,17-18,21-22,24-26,28-35H,6-7H2/t11-,12+,17+,18-,21+,22-,24+,25+/m1/s1. The molecule has 1 aromatic heterocycles. The second kappa shape index (κ2) is 9.80. The van der Waals surface area contributed by atoms with Crippen LogP contribution in [-0.2, 0) is 9.47 Å². The van der Waals surface area contributed by atoms with Crippen LogP contribution >= 0.6 is 0 Å². The molecule has 5 rings (SSSR count). The quantitative estimate of drug-likeness (QED) is 0.194. The highest BCUT2D eigenvalue weighted by atomic mass is 16.5. The molecule has 0 radical (unpaired) electrons. The number of hydrogen-bond donors (Lipinski definition) is 9. The average Bonchev–Trinajstić information content (AvgIpc) is 2.88. The molecule has 0 amide bonds. The van der Waals surface area contributed by atoms with Crippen LogP contribution in [0.2, 0.25) is 0 Å². The Hall–Kier alpha value is -3.27. The summed E-state index contributed by atoms with van der Waals surface area (Å²) in [5.41, 5.74) is -1.86. The molecule has 2 aromatic carbocycles. The highest BCUT2D eigenvalue weighted by Crippen LogP contribution is 2.50. The van der Waals surface area contributed by atoms with Crippen molar-refractivity contribution in [2.45, 2.75) is 48.8 Å². The van der Waals surface area contributed by atoms with Gasteiger partial charge in [0.2, 0.25) is 0 Å². The molecular formula is C25H26O13. The van der Waals surface area contributed by atoms with Gasteiger partial charge in [0.05, 0.1) is 24.3 Å². The van der Waals surface area contributed by atoms with E-state index in [4.69, 9.17) is 13.9 Å². The molecule has 2 saturated heterocycles. The van der Waals surface area contributed by atoms with Crippen molar-refractivity contribution in [1.29, 1.82) is 0 Å². The third-order valence-corrected chi connectivity index (χ3v) is 6.92. The highest BCUT2D eigenvalue weighted by molar-refractivity contribution is 5.91. The predicted octanol–water partition coefficient (Wildman–Crippen LogP) is -1.12. The first-order valence-corrected chi connectivity index (χ1v) is 11.7. The summed E-state index contributed by atoms with van der Waals surface area (Å²) in [4.78, 5) is 13.3. The molecule has 204 valence electrons. The van der Waals surface area contributed by atoms with Crippen molar-refractivity contribution in [1.82, 2.24) is 0 Å². The van der Waals surface area contributed by atoms with Gasteiger partial charge in [-0.25, -0.2) is 0 Å². The Bertz CT molecular complexity index is 1400. The Labute approximate surface area is 213 Å². The summed E-state index contributed by atoms with van der Waals surface area (Å²) in [7, 11) is 0. The molecule has 3 aromatic rings. The van der Waals surface area contributed by atoms with E-state index in [-0.39, 0.29) is 11.5 Å². The van der Waals surface area contributed by atoms with Gasteiger partial charge in [-0.3, -0.25) is 4.79 Å². The maximum atomic E-state index is 13.3. The fourth-order valence-electron chi connectivity index (χ4n) is 4.83. The summed E-state index contributed by atoms with van der Waals surface area (Å²) in [6.07, 6.45) is -13.3. The predicted molar refractivity (Wildman–Crippen MR) is 126 cm³/mol. The number of benzene rings is 2. The average molecular weight is 534 g/mol. The zero-order valence-electron chi connectivity index (χ0n) is 19.6. The molecule has 38 heavy (non-hydrogen) atoms. The Morgan fingerprint density at radius 3 is 1.76 bits per heavy atom. The fourth-order valence-corrected chi connectivity index (χ4v) is 4.83. The monoisotopic (exact) mass is 534 g/mol. The van der Waals surface area contributed by atoms with Crippen molar-refractivity contribution in [3.05, 3.63) is 51.7 Å². The van der Waals surface area contributed by atoms with E-state index >= 15 is 0 Å². The topological polar surface area (TPSA) is 231 Å². The van der Waals surface area contributed by atoms with Crippen molar-refractivity contribution >= 4 is 11.0 Å². The van der Waals surface area contributed by atoms with Crippen molar-refractivity contribution in [2.24, 2.45) is 0 Å². The highest BCUT2D eigenvalue weighted by Gasteiger charge is 2.46. The molecule has 0 bridgehead atoms. The van der Waals surface area contributed by atoms with Gasteiger partial charge in [-0.1, -0.05) is 0 Å². The molecule has 2 aliphatic rings. The lowest BCUT2D eigenvalue weighted by molar-refractivity contribution is -0.191. The molecule has 9 N–H and O–H groups in total. The number of phenols is 3. The Kier molecular flexibility index (Phi) is 6.79. The lowest BCUT2D eigenvalue weighted by atomic mass is 9.87. The number of ether oxygens (including phenoxy) is 2. The Balaban J connectivity index is 1.80. The molecule has 13 nitrogen and oxygen atoms in total. The van der Waals surface area contributed by atoms with Gasteiger partial charge in [0.25, 0.3) is 0 Å². The van der Waals surface area contributed by atoms with Gasteiger partial charge < -0.3 is 59.8 Å². The summed E-state index contributed by atoms with van der Waals surface area (Å²) >= 11 is 0. The number of hydrogen-bond acceptors (Lipinski definition) is 13. The van der Waals surface area contributed by atoms with Crippen molar-refractivity contribution in [3.63, 3.8) is 0 Å². The smallest absolute Gasteiger partial charge is 0.197 e. The summed E-state index contributed by atoms with van der Waals surface area (Å²) in [6, 6.07) is 6.60. The normalized spacial score (nSPS) is 31.9. The van der Waals surface area contributed by atoms with Crippen molar-refractivity contribution < 1.29 is 59.8 Å². The number of phenolic OH excluding ortho intramolecular Hbond substituents is 3. The Morgan fingerprint density at radius 1 is 0.684 bits per heavy atom. The second-order valence-electron chi connectivity index (χ2n) is 9.36. The maximum absolute atomic E-state index is 13.3. The molecule has 0 unspecified atom stereocenters. The minimum Gasteiger partial charge on any atom is -0.508 e. The fraction of sp³-hybridized carbons (Fsp3) is 0.400. The molecular weight excluding hydrogens is 508 g/mol. The molecule has 2 aliphatic heterocycles. The van der Waals surface area contributed by atoms with E-state index in [1.807, 2.05) is 0 Å². The number of aliphatic hydroxyl groups excluding tert-OH is 6. The van der Waals surface area contributed by atoms with Crippen LogP contribution in [-0.4, -0.2) is 95.8 Å². The van der Waals surface area contributed by atoms with Crippen LogP contribution < -0.4 is 5.43 Å². The molecule has 13 heteroatoms. The van der Waals surface area contributed by atoms with E-state index in [2.05, 4.69) is 0 Å². The van der Waals surface area contributed by atoms with Gasteiger partial charge in [-0.05, 0) is 24.3 Å². The van der Waals surface area contributed by atoms with E-state index < -0.39 is 101 Å². The van der Waals surface area contributed by atoms with Crippen LogP contribution in [0.3, 0.4) is 0 Å². The van der Waals surface area contributed by atoms with Crippen molar-refractivity contribution in [2.75, 3.05) is 13.2 Å². The number of fused-ring (bicyclic) bond motifs is 1. The van der Waals surface area contributed by atoms with Gasteiger partial charge in [-0.15, -0.1) is 0 Å². The molecule has 2 fully saturated rings. The summed E-state index contributed by atoms with van der Waals surface area (Å²) in [6.45, 7) is -0.966.